The fourth-order valence-corrected chi connectivity index (χ4v) is 4.70. The Kier molecular flexibility index (Phi) is 8.02. The minimum Gasteiger partial charge on any atom is -0.344 e. The van der Waals surface area contributed by atoms with Gasteiger partial charge in [-0.15, -0.1) is 10.2 Å². The van der Waals surface area contributed by atoms with Gasteiger partial charge in [0, 0.05) is 19.8 Å². The first kappa shape index (κ1) is 30.1. The summed E-state index contributed by atoms with van der Waals surface area (Å²) >= 11 is 6.31. The molecule has 226 valence electrons. The smallest absolute Gasteiger partial charge is 0.344 e. The van der Waals surface area contributed by atoms with Crippen LogP contribution in [0.2, 0.25) is 5.02 Å². The minimum absolute atomic E-state index is 0.0338. The van der Waals surface area contributed by atoms with Crippen molar-refractivity contribution in [1.29, 1.82) is 5.26 Å². The van der Waals surface area contributed by atoms with Crippen LogP contribution in [0.1, 0.15) is 49.9 Å². The molecule has 4 aromatic rings. The number of carbonyl (C=O) groups excluding carboxylic acids is 3. The van der Waals surface area contributed by atoms with Crippen LogP contribution in [0.15, 0.2) is 36.5 Å². The van der Waals surface area contributed by atoms with E-state index >= 15 is 0 Å². The molecule has 1 fully saturated rings. The summed E-state index contributed by atoms with van der Waals surface area (Å²) in [7, 11) is 1.61. The number of nitrogens with one attached hydrogen (secondary N) is 2. The van der Waals surface area contributed by atoms with Crippen molar-refractivity contribution >= 4 is 35.0 Å². The zero-order valence-electron chi connectivity index (χ0n) is 22.9. The van der Waals surface area contributed by atoms with Crippen LogP contribution in [0.25, 0.3) is 5.82 Å². The number of alkyl halides is 3. The number of pyridine rings is 1. The van der Waals surface area contributed by atoms with E-state index in [-0.39, 0.29) is 44.9 Å². The third-order valence-corrected chi connectivity index (χ3v) is 6.92. The van der Waals surface area contributed by atoms with Crippen LogP contribution in [-0.2, 0) is 17.5 Å². The van der Waals surface area contributed by atoms with Crippen LogP contribution in [0, 0.1) is 18.3 Å². The molecule has 1 atom stereocenters. The number of likely N-dealkylation sites (tertiary alicyclic amines) is 1. The van der Waals surface area contributed by atoms with Gasteiger partial charge in [-0.3, -0.25) is 14.4 Å². The number of aromatic nitrogens is 7. The van der Waals surface area contributed by atoms with Crippen molar-refractivity contribution < 1.29 is 27.6 Å². The Hall–Kier alpha value is -5.37. The van der Waals surface area contributed by atoms with Gasteiger partial charge < -0.3 is 15.5 Å². The third-order valence-electron chi connectivity index (χ3n) is 6.62. The summed E-state index contributed by atoms with van der Waals surface area (Å²) in [5.41, 5.74) is 0.406. The predicted molar refractivity (Wildman–Crippen MR) is 146 cm³/mol. The number of rotatable bonds is 7. The lowest BCUT2D eigenvalue weighted by Crippen LogP contribution is -2.41. The maximum atomic E-state index is 13.7. The van der Waals surface area contributed by atoms with E-state index in [9.17, 15) is 32.8 Å². The number of carbonyl (C=O) groups is 3. The molecule has 14 nitrogen and oxygen atoms in total. The van der Waals surface area contributed by atoms with Gasteiger partial charge in [-0.25, -0.2) is 9.67 Å². The summed E-state index contributed by atoms with van der Waals surface area (Å²) in [5.74, 6) is -3.17. The lowest BCUT2D eigenvalue weighted by atomic mass is 10.0. The van der Waals surface area contributed by atoms with E-state index in [2.05, 4.69) is 36.1 Å². The summed E-state index contributed by atoms with van der Waals surface area (Å²) in [6.07, 6.45) is -3.03. The molecule has 3 amide bonds. The van der Waals surface area contributed by atoms with Crippen molar-refractivity contribution in [3.8, 4) is 11.9 Å². The second-order valence-electron chi connectivity index (χ2n) is 9.74. The van der Waals surface area contributed by atoms with Gasteiger partial charge in [0.2, 0.25) is 5.91 Å². The number of benzene rings is 1. The van der Waals surface area contributed by atoms with Crippen LogP contribution in [0.3, 0.4) is 0 Å². The molecular formula is C26H21ClF3N11O3. The molecule has 1 saturated heterocycles. The number of hydrogen-bond donors (Lipinski definition) is 2. The summed E-state index contributed by atoms with van der Waals surface area (Å²) in [5, 5.41) is 28.9. The second-order valence-corrected chi connectivity index (χ2v) is 10.1. The molecule has 5 rings (SSSR count). The van der Waals surface area contributed by atoms with Crippen molar-refractivity contribution in [1.82, 2.24) is 45.2 Å². The van der Waals surface area contributed by atoms with Crippen molar-refractivity contribution in [2.24, 2.45) is 0 Å². The molecule has 44 heavy (non-hydrogen) atoms. The number of anilines is 1. The predicted octanol–water partition coefficient (Wildman–Crippen LogP) is 2.37. The number of nitrogens with zero attached hydrogens (tertiary/aromatic N) is 9. The standard InChI is InChI=1S/C26H21ClF3N11O3/c1-13-8-14(11-31)9-16(22(42)33-18-5-7-39(2)24(18)44)20(13)34-23(43)19-10-15(12-40-37-25(35-38-40)26(28,29)30)36-41(19)21-17(27)4-3-6-32-21/h3-4,6,8-10,18H,5,7,12H2,1-2H3,(H,33,42)(H,34,43). The van der Waals surface area contributed by atoms with E-state index in [1.165, 1.54) is 35.4 Å². The first-order valence-corrected chi connectivity index (χ1v) is 13.2. The molecule has 1 aliphatic heterocycles. The van der Waals surface area contributed by atoms with Gasteiger partial charge in [0.05, 0.1) is 33.6 Å². The Morgan fingerprint density at radius 3 is 2.61 bits per heavy atom. The Morgan fingerprint density at radius 1 is 1.20 bits per heavy atom. The molecule has 1 aliphatic rings. The van der Waals surface area contributed by atoms with Gasteiger partial charge in [-0.1, -0.05) is 11.6 Å². The maximum Gasteiger partial charge on any atom is 0.455 e. The van der Waals surface area contributed by atoms with E-state index in [1.54, 1.807) is 20.0 Å². The highest BCUT2D eigenvalue weighted by Crippen LogP contribution is 2.27. The zero-order valence-corrected chi connectivity index (χ0v) is 23.7. The van der Waals surface area contributed by atoms with E-state index < -0.39 is 36.4 Å². The van der Waals surface area contributed by atoms with Crippen LogP contribution < -0.4 is 10.6 Å². The number of nitriles is 1. The molecule has 0 radical (unpaired) electrons. The fourth-order valence-electron chi connectivity index (χ4n) is 4.50. The van der Waals surface area contributed by atoms with Gasteiger partial charge in [-0.2, -0.15) is 28.3 Å². The molecule has 0 saturated carbocycles. The number of hydrogen-bond acceptors (Lipinski definition) is 9. The number of halogens is 4. The average molecular weight is 628 g/mol. The molecule has 1 aromatic carbocycles. The summed E-state index contributed by atoms with van der Waals surface area (Å²) < 4.78 is 40.0. The first-order chi connectivity index (χ1) is 20.8. The molecule has 4 heterocycles. The molecule has 1 unspecified atom stereocenters. The molecule has 0 spiro atoms. The molecular weight excluding hydrogens is 607 g/mol. The van der Waals surface area contributed by atoms with Gasteiger partial charge in [-0.05, 0) is 54.5 Å². The van der Waals surface area contributed by atoms with Crippen LogP contribution in [-0.4, -0.2) is 77.2 Å². The Bertz CT molecular complexity index is 1830. The molecule has 18 heteroatoms. The number of likely N-dealkylation sites (N-methyl/N-ethyl adjacent to an activating group) is 1. The highest BCUT2D eigenvalue weighted by Gasteiger charge is 2.37. The SMILES string of the molecule is Cc1cc(C#N)cc(C(=O)NC2CCN(C)C2=O)c1NC(=O)c1cc(Cn2nnc(C(F)(F)F)n2)nn1-c1ncccc1Cl. The zero-order chi connectivity index (χ0) is 31.8. The minimum atomic E-state index is -4.81. The van der Waals surface area contributed by atoms with Crippen LogP contribution in [0.4, 0.5) is 18.9 Å². The van der Waals surface area contributed by atoms with Crippen LogP contribution >= 0.6 is 11.6 Å². The Balaban J connectivity index is 1.51. The summed E-state index contributed by atoms with van der Waals surface area (Å²) in [4.78, 5) is 45.8. The molecule has 0 aliphatic carbocycles. The van der Waals surface area contributed by atoms with E-state index in [0.29, 0.717) is 23.3 Å². The lowest BCUT2D eigenvalue weighted by molar-refractivity contribution is -0.145. The average Bonchev–Trinajstić information content (AvgIpc) is 3.70. The summed E-state index contributed by atoms with van der Waals surface area (Å²) in [6.45, 7) is 1.64. The van der Waals surface area contributed by atoms with E-state index in [0.717, 1.165) is 4.68 Å². The number of amides is 3. The van der Waals surface area contributed by atoms with Gasteiger partial charge in [0.15, 0.2) is 5.82 Å². The maximum absolute atomic E-state index is 13.7. The van der Waals surface area contributed by atoms with Crippen molar-refractivity contribution in [2.75, 3.05) is 18.9 Å². The molecule has 2 N–H and O–H groups in total. The van der Waals surface area contributed by atoms with Gasteiger partial charge >= 0.3 is 6.18 Å². The van der Waals surface area contributed by atoms with Crippen molar-refractivity contribution in [3.05, 3.63) is 75.5 Å². The highest BCUT2D eigenvalue weighted by atomic mass is 35.5. The Morgan fingerprint density at radius 2 is 1.98 bits per heavy atom. The van der Waals surface area contributed by atoms with E-state index in [4.69, 9.17) is 11.6 Å². The molecule has 0 bridgehead atoms. The fraction of sp³-hybridized carbons (Fsp3) is 0.269. The van der Waals surface area contributed by atoms with Crippen LogP contribution in [0.5, 0.6) is 0 Å². The number of aryl methyl sites for hydroxylation is 1. The normalized spacial score (nSPS) is 14.9. The lowest BCUT2D eigenvalue weighted by Gasteiger charge is -2.17. The highest BCUT2D eigenvalue weighted by molar-refractivity contribution is 6.32. The topological polar surface area (TPSA) is 177 Å². The number of tetrazole rings is 1. The Labute approximate surface area is 251 Å². The molecule has 3 aromatic heterocycles. The van der Waals surface area contributed by atoms with Gasteiger partial charge in [0.25, 0.3) is 17.6 Å². The van der Waals surface area contributed by atoms with Crippen molar-refractivity contribution in [3.63, 3.8) is 0 Å². The second kappa shape index (κ2) is 11.7. The quantitative estimate of drug-likeness (QED) is 0.311. The summed E-state index contributed by atoms with van der Waals surface area (Å²) in [6, 6.07) is 8.25. The van der Waals surface area contributed by atoms with Gasteiger partial charge in [0.1, 0.15) is 18.3 Å². The van der Waals surface area contributed by atoms with Crippen molar-refractivity contribution in [2.45, 2.75) is 32.1 Å². The largest absolute Gasteiger partial charge is 0.455 e. The monoisotopic (exact) mass is 627 g/mol. The third kappa shape index (κ3) is 6.06. The van der Waals surface area contributed by atoms with E-state index in [1.807, 2.05) is 6.07 Å². The first-order valence-electron chi connectivity index (χ1n) is 12.8.